The Labute approximate surface area is 251 Å². The molecule has 2 amide bonds. The Bertz CT molecular complexity index is 1450. The van der Waals surface area contributed by atoms with Crippen LogP contribution in [0, 0.1) is 6.92 Å². The minimum atomic E-state index is -4.08. The number of benzene rings is 3. The van der Waals surface area contributed by atoms with Crippen LogP contribution in [0.25, 0.3) is 0 Å². The van der Waals surface area contributed by atoms with Crippen molar-refractivity contribution in [1.82, 2.24) is 10.2 Å². The second-order valence-electron chi connectivity index (χ2n) is 11.5. The van der Waals surface area contributed by atoms with Crippen LogP contribution in [-0.4, -0.2) is 43.8 Å². The highest BCUT2D eigenvalue weighted by Crippen LogP contribution is 2.27. The molecule has 42 heavy (non-hydrogen) atoms. The number of carbonyl (C=O) groups excluding carboxylic acids is 2. The Hall–Kier alpha value is -3.65. The van der Waals surface area contributed by atoms with Gasteiger partial charge in [-0.25, -0.2) is 8.42 Å². The summed E-state index contributed by atoms with van der Waals surface area (Å²) in [6.45, 7) is 7.58. The molecule has 1 atom stereocenters. The monoisotopic (exact) mass is 589 g/mol. The van der Waals surface area contributed by atoms with Crippen LogP contribution in [0.5, 0.6) is 0 Å². The van der Waals surface area contributed by atoms with E-state index < -0.39 is 28.5 Å². The average Bonchev–Trinajstić information content (AvgIpc) is 3.00. The van der Waals surface area contributed by atoms with Crippen LogP contribution in [0.1, 0.15) is 75.5 Å². The first kappa shape index (κ1) is 31.3. The van der Waals surface area contributed by atoms with E-state index in [1.165, 1.54) is 23.5 Å². The van der Waals surface area contributed by atoms with Crippen LogP contribution in [0.3, 0.4) is 0 Å². The van der Waals surface area contributed by atoms with Crippen molar-refractivity contribution >= 4 is 27.5 Å². The molecule has 7 nitrogen and oxygen atoms in total. The lowest BCUT2D eigenvalue weighted by Gasteiger charge is -2.33. The second-order valence-corrected chi connectivity index (χ2v) is 13.4. The molecule has 0 radical (unpaired) electrons. The van der Waals surface area contributed by atoms with Gasteiger partial charge >= 0.3 is 0 Å². The van der Waals surface area contributed by atoms with Gasteiger partial charge in [0.1, 0.15) is 12.6 Å². The van der Waals surface area contributed by atoms with E-state index in [-0.39, 0.29) is 29.3 Å². The summed E-state index contributed by atoms with van der Waals surface area (Å²) < 4.78 is 29.1. The van der Waals surface area contributed by atoms with E-state index in [4.69, 9.17) is 0 Å². The van der Waals surface area contributed by atoms with E-state index in [1.54, 1.807) is 37.3 Å². The zero-order chi connectivity index (χ0) is 30.3. The van der Waals surface area contributed by atoms with Crippen LogP contribution < -0.4 is 9.62 Å². The molecule has 0 spiro atoms. The predicted molar refractivity (Wildman–Crippen MR) is 168 cm³/mol. The molecule has 0 aliphatic heterocycles. The van der Waals surface area contributed by atoms with E-state index in [2.05, 4.69) is 19.2 Å². The molecule has 4 rings (SSSR count). The maximum atomic E-state index is 14.2. The molecule has 8 heteroatoms. The third-order valence-corrected chi connectivity index (χ3v) is 9.97. The van der Waals surface area contributed by atoms with E-state index in [0.29, 0.717) is 5.69 Å². The van der Waals surface area contributed by atoms with Gasteiger partial charge in [0.25, 0.3) is 10.0 Å². The summed E-state index contributed by atoms with van der Waals surface area (Å²) in [5.74, 6) is -0.396. The van der Waals surface area contributed by atoms with Crippen molar-refractivity contribution < 1.29 is 18.0 Å². The van der Waals surface area contributed by atoms with Gasteiger partial charge in [-0.2, -0.15) is 0 Å². The summed E-state index contributed by atoms with van der Waals surface area (Å²) in [5, 5.41) is 3.15. The fourth-order valence-electron chi connectivity index (χ4n) is 5.40. The number of sulfonamides is 1. The summed E-state index contributed by atoms with van der Waals surface area (Å²) in [6.07, 6.45) is 5.18. The normalized spacial score (nSPS) is 14.8. The number of rotatable bonds is 11. The SMILES string of the molecule is Cc1ccccc1CN(C(=O)CN(c1ccc(C(C)C)cc1)S(=O)(=O)c1ccccc1)C(C)C(=O)NC1CCCCC1. The Morgan fingerprint density at radius 1 is 0.857 bits per heavy atom. The van der Waals surface area contributed by atoms with Crippen molar-refractivity contribution in [3.05, 3.63) is 95.6 Å². The molecule has 1 fully saturated rings. The first-order chi connectivity index (χ1) is 20.1. The molecule has 1 N–H and O–H groups in total. The number of carbonyl (C=O) groups is 2. The van der Waals surface area contributed by atoms with E-state index in [1.807, 2.05) is 43.3 Å². The summed E-state index contributed by atoms with van der Waals surface area (Å²) in [7, 11) is -4.08. The van der Waals surface area contributed by atoms with Gasteiger partial charge in [0, 0.05) is 12.6 Å². The Kier molecular flexibility index (Phi) is 10.4. The largest absolute Gasteiger partial charge is 0.352 e. The topological polar surface area (TPSA) is 86.8 Å². The molecule has 0 bridgehead atoms. The van der Waals surface area contributed by atoms with Crippen molar-refractivity contribution in [2.45, 2.75) is 89.2 Å². The lowest BCUT2D eigenvalue weighted by molar-refractivity contribution is -0.139. The van der Waals surface area contributed by atoms with Crippen molar-refractivity contribution in [3.63, 3.8) is 0 Å². The molecular formula is C34H43N3O4S. The minimum Gasteiger partial charge on any atom is -0.352 e. The van der Waals surface area contributed by atoms with Gasteiger partial charge in [-0.3, -0.25) is 13.9 Å². The number of anilines is 1. The van der Waals surface area contributed by atoms with E-state index >= 15 is 0 Å². The van der Waals surface area contributed by atoms with Gasteiger partial charge in [0.05, 0.1) is 10.6 Å². The van der Waals surface area contributed by atoms with Gasteiger partial charge in [-0.15, -0.1) is 0 Å². The van der Waals surface area contributed by atoms with Gasteiger partial charge in [0.2, 0.25) is 11.8 Å². The Balaban J connectivity index is 1.68. The van der Waals surface area contributed by atoms with Crippen molar-refractivity contribution in [3.8, 4) is 0 Å². The van der Waals surface area contributed by atoms with Crippen LogP contribution in [-0.2, 0) is 26.2 Å². The molecule has 1 aliphatic carbocycles. The maximum absolute atomic E-state index is 14.2. The van der Waals surface area contributed by atoms with Gasteiger partial charge in [0.15, 0.2) is 0 Å². The van der Waals surface area contributed by atoms with Gasteiger partial charge in [-0.05, 0) is 73.6 Å². The fourth-order valence-corrected chi connectivity index (χ4v) is 6.83. The molecular weight excluding hydrogens is 546 g/mol. The molecule has 0 saturated heterocycles. The summed E-state index contributed by atoms with van der Waals surface area (Å²) in [4.78, 5) is 29.3. The number of amides is 2. The number of nitrogens with one attached hydrogen (secondary N) is 1. The van der Waals surface area contributed by atoms with Gasteiger partial charge < -0.3 is 10.2 Å². The lowest BCUT2D eigenvalue weighted by Crippen LogP contribution is -2.53. The van der Waals surface area contributed by atoms with Crippen molar-refractivity contribution in [2.75, 3.05) is 10.8 Å². The predicted octanol–water partition coefficient (Wildman–Crippen LogP) is 6.18. The molecule has 1 saturated carbocycles. The fraction of sp³-hybridized carbons (Fsp3) is 0.412. The summed E-state index contributed by atoms with van der Waals surface area (Å²) in [6, 6.07) is 22.4. The zero-order valence-corrected chi connectivity index (χ0v) is 25.9. The second kappa shape index (κ2) is 14.0. The third kappa shape index (κ3) is 7.59. The average molecular weight is 590 g/mol. The standard InChI is InChI=1S/C34H43N3O4S/c1-25(2)28-19-21-31(22-20-28)37(42(40,41)32-17-9-6-10-18-32)24-33(38)36(23-29-14-12-11-13-26(29)3)27(4)34(39)35-30-15-7-5-8-16-30/h6,9-14,17-22,25,27,30H,5,7-8,15-16,23-24H2,1-4H3,(H,35,39). The van der Waals surface area contributed by atoms with Crippen LogP contribution in [0.4, 0.5) is 5.69 Å². The van der Waals surface area contributed by atoms with Gasteiger partial charge in [-0.1, -0.05) is 87.7 Å². The molecule has 3 aromatic rings. The maximum Gasteiger partial charge on any atom is 0.264 e. The lowest BCUT2D eigenvalue weighted by atomic mass is 9.95. The highest BCUT2D eigenvalue weighted by atomic mass is 32.2. The molecule has 0 aromatic heterocycles. The molecule has 1 aliphatic rings. The quantitative estimate of drug-likeness (QED) is 0.289. The number of nitrogens with zero attached hydrogens (tertiary/aromatic N) is 2. The molecule has 3 aromatic carbocycles. The highest BCUT2D eigenvalue weighted by Gasteiger charge is 2.33. The molecule has 0 heterocycles. The van der Waals surface area contributed by atoms with Crippen molar-refractivity contribution in [1.29, 1.82) is 0 Å². The third-order valence-electron chi connectivity index (χ3n) is 8.18. The van der Waals surface area contributed by atoms with Crippen molar-refractivity contribution in [2.24, 2.45) is 0 Å². The molecule has 224 valence electrons. The Morgan fingerprint density at radius 3 is 2.10 bits per heavy atom. The molecule has 1 unspecified atom stereocenters. The van der Waals surface area contributed by atoms with E-state index in [9.17, 15) is 18.0 Å². The minimum absolute atomic E-state index is 0.0959. The Morgan fingerprint density at radius 2 is 1.48 bits per heavy atom. The summed E-state index contributed by atoms with van der Waals surface area (Å²) in [5.41, 5.74) is 3.36. The van der Waals surface area contributed by atoms with Crippen LogP contribution in [0.2, 0.25) is 0 Å². The van der Waals surface area contributed by atoms with Crippen LogP contribution >= 0.6 is 0 Å². The van der Waals surface area contributed by atoms with Crippen LogP contribution in [0.15, 0.2) is 83.8 Å². The highest BCUT2D eigenvalue weighted by molar-refractivity contribution is 7.92. The van der Waals surface area contributed by atoms with E-state index in [0.717, 1.165) is 46.7 Å². The number of hydrogen-bond acceptors (Lipinski definition) is 4. The smallest absolute Gasteiger partial charge is 0.264 e. The first-order valence-electron chi connectivity index (χ1n) is 14.9. The zero-order valence-electron chi connectivity index (χ0n) is 25.1. The number of aryl methyl sites for hydroxylation is 1. The summed E-state index contributed by atoms with van der Waals surface area (Å²) >= 11 is 0. The number of hydrogen-bond donors (Lipinski definition) is 1. The first-order valence-corrected chi connectivity index (χ1v) is 16.3.